The molecular weight excluding hydrogens is 182 g/mol. The van der Waals surface area contributed by atoms with Gasteiger partial charge in [0.1, 0.15) is 0 Å². The van der Waals surface area contributed by atoms with Crippen molar-refractivity contribution in [3.05, 3.63) is 42.5 Å². The Morgan fingerprint density at radius 1 is 0.800 bits per heavy atom. The normalized spacial score (nSPS) is 16.1. The summed E-state index contributed by atoms with van der Waals surface area (Å²) in [5.41, 5.74) is 1.38. The monoisotopic (exact) mass is 197 g/mol. The van der Waals surface area contributed by atoms with E-state index in [2.05, 4.69) is 47.4 Å². The Bertz CT molecular complexity index is 469. The average Bonchev–Trinajstić information content (AvgIpc) is 2.82. The first kappa shape index (κ1) is 8.78. The van der Waals surface area contributed by atoms with Crippen LogP contribution in [0.1, 0.15) is 12.8 Å². The highest BCUT2D eigenvalue weighted by molar-refractivity contribution is 5.85. The summed E-state index contributed by atoms with van der Waals surface area (Å²) < 4.78 is 0. The van der Waals surface area contributed by atoms with Crippen molar-refractivity contribution < 1.29 is 0 Å². The van der Waals surface area contributed by atoms with Gasteiger partial charge in [0.05, 0.1) is 0 Å². The Kier molecular flexibility index (Phi) is 2.09. The van der Waals surface area contributed by atoms with Gasteiger partial charge in [0.15, 0.2) is 0 Å². The largest absolute Gasteiger partial charge is 0.372 e. The summed E-state index contributed by atoms with van der Waals surface area (Å²) in [5, 5.41) is 2.68. The Morgan fingerprint density at radius 3 is 2.33 bits per heavy atom. The first-order valence-corrected chi connectivity index (χ1v) is 5.67. The highest BCUT2D eigenvalue weighted by atomic mass is 15.1. The molecule has 0 bridgehead atoms. The molecule has 0 unspecified atom stereocenters. The van der Waals surface area contributed by atoms with Crippen LogP contribution in [0.15, 0.2) is 42.5 Å². The molecule has 0 N–H and O–H groups in total. The van der Waals surface area contributed by atoms with Crippen LogP contribution in [0, 0.1) is 0 Å². The van der Waals surface area contributed by atoms with Gasteiger partial charge >= 0.3 is 0 Å². The molecule has 0 spiro atoms. The number of nitrogens with zero attached hydrogens (tertiary/aromatic N) is 1. The lowest BCUT2D eigenvalue weighted by Crippen LogP contribution is -2.17. The van der Waals surface area contributed by atoms with Gasteiger partial charge in [-0.1, -0.05) is 30.3 Å². The fourth-order valence-corrected chi connectivity index (χ4v) is 2.35. The molecule has 76 valence electrons. The molecule has 0 aromatic heterocycles. The Balaban J connectivity index is 2.05. The summed E-state index contributed by atoms with van der Waals surface area (Å²) in [5.74, 6) is 0. The SMILES string of the molecule is c1ccc2cc(N3CCCC3)ccc2c1. The van der Waals surface area contributed by atoms with E-state index in [0.717, 1.165) is 0 Å². The molecule has 1 heterocycles. The Morgan fingerprint density at radius 2 is 1.53 bits per heavy atom. The minimum atomic E-state index is 1.22. The zero-order chi connectivity index (χ0) is 10.1. The third kappa shape index (κ3) is 1.58. The second-order valence-electron chi connectivity index (χ2n) is 4.23. The van der Waals surface area contributed by atoms with Crippen LogP contribution in [-0.2, 0) is 0 Å². The van der Waals surface area contributed by atoms with E-state index < -0.39 is 0 Å². The van der Waals surface area contributed by atoms with Crippen LogP contribution in [0.5, 0.6) is 0 Å². The maximum atomic E-state index is 2.48. The minimum absolute atomic E-state index is 1.22. The molecule has 1 fully saturated rings. The van der Waals surface area contributed by atoms with Crippen LogP contribution >= 0.6 is 0 Å². The van der Waals surface area contributed by atoms with Crippen molar-refractivity contribution in [2.24, 2.45) is 0 Å². The summed E-state index contributed by atoms with van der Waals surface area (Å²) >= 11 is 0. The van der Waals surface area contributed by atoms with Crippen LogP contribution in [0.3, 0.4) is 0 Å². The van der Waals surface area contributed by atoms with E-state index in [1.807, 2.05) is 0 Å². The molecule has 0 radical (unpaired) electrons. The maximum absolute atomic E-state index is 2.48. The third-order valence-corrected chi connectivity index (χ3v) is 3.20. The fraction of sp³-hybridized carbons (Fsp3) is 0.286. The van der Waals surface area contributed by atoms with Crippen LogP contribution < -0.4 is 4.90 Å². The van der Waals surface area contributed by atoms with Gasteiger partial charge in [-0.15, -0.1) is 0 Å². The van der Waals surface area contributed by atoms with Crippen molar-refractivity contribution in [2.75, 3.05) is 18.0 Å². The first-order valence-electron chi connectivity index (χ1n) is 5.67. The molecule has 1 aliphatic heterocycles. The lowest BCUT2D eigenvalue weighted by atomic mass is 10.1. The van der Waals surface area contributed by atoms with Gasteiger partial charge < -0.3 is 4.90 Å². The molecule has 0 saturated carbocycles. The topological polar surface area (TPSA) is 3.24 Å². The molecule has 1 nitrogen and oxygen atoms in total. The van der Waals surface area contributed by atoms with Crippen molar-refractivity contribution >= 4 is 16.5 Å². The number of benzene rings is 2. The van der Waals surface area contributed by atoms with Crippen molar-refractivity contribution in [2.45, 2.75) is 12.8 Å². The standard InChI is InChI=1S/C14H15N/c1-2-6-13-11-14(8-7-12(13)5-1)15-9-3-4-10-15/h1-2,5-8,11H,3-4,9-10H2. The van der Waals surface area contributed by atoms with E-state index in [0.29, 0.717) is 0 Å². The van der Waals surface area contributed by atoms with E-state index in [9.17, 15) is 0 Å². The molecule has 15 heavy (non-hydrogen) atoms. The molecule has 1 aliphatic rings. The third-order valence-electron chi connectivity index (χ3n) is 3.20. The van der Waals surface area contributed by atoms with Crippen molar-refractivity contribution in [3.63, 3.8) is 0 Å². The van der Waals surface area contributed by atoms with Gasteiger partial charge in [-0.05, 0) is 35.7 Å². The van der Waals surface area contributed by atoms with Gasteiger partial charge in [-0.2, -0.15) is 0 Å². The summed E-state index contributed by atoms with van der Waals surface area (Å²) in [6, 6.07) is 15.3. The van der Waals surface area contributed by atoms with E-state index in [4.69, 9.17) is 0 Å². The predicted molar refractivity (Wildman–Crippen MR) is 65.4 cm³/mol. The number of fused-ring (bicyclic) bond motifs is 1. The number of anilines is 1. The number of hydrogen-bond acceptors (Lipinski definition) is 1. The highest BCUT2D eigenvalue weighted by Gasteiger charge is 2.11. The van der Waals surface area contributed by atoms with Crippen LogP contribution in [0.4, 0.5) is 5.69 Å². The van der Waals surface area contributed by atoms with Crippen LogP contribution in [0.25, 0.3) is 10.8 Å². The molecule has 3 rings (SSSR count). The zero-order valence-corrected chi connectivity index (χ0v) is 8.82. The molecule has 0 amide bonds. The van der Waals surface area contributed by atoms with Crippen molar-refractivity contribution in [1.82, 2.24) is 0 Å². The Labute approximate surface area is 90.3 Å². The summed E-state index contributed by atoms with van der Waals surface area (Å²) in [4.78, 5) is 2.48. The van der Waals surface area contributed by atoms with Crippen molar-refractivity contribution in [3.8, 4) is 0 Å². The van der Waals surface area contributed by atoms with E-state index >= 15 is 0 Å². The van der Waals surface area contributed by atoms with Crippen LogP contribution in [-0.4, -0.2) is 13.1 Å². The van der Waals surface area contributed by atoms with Crippen molar-refractivity contribution in [1.29, 1.82) is 0 Å². The number of rotatable bonds is 1. The van der Waals surface area contributed by atoms with E-state index in [-0.39, 0.29) is 0 Å². The molecule has 2 aromatic rings. The van der Waals surface area contributed by atoms with E-state index in [1.165, 1.54) is 42.4 Å². The molecule has 1 saturated heterocycles. The van der Waals surface area contributed by atoms with Crippen LogP contribution in [0.2, 0.25) is 0 Å². The van der Waals surface area contributed by atoms with Gasteiger partial charge in [-0.25, -0.2) is 0 Å². The second kappa shape index (κ2) is 3.58. The average molecular weight is 197 g/mol. The molecular formula is C14H15N. The lowest BCUT2D eigenvalue weighted by molar-refractivity contribution is 0.949. The smallest absolute Gasteiger partial charge is 0.0372 e. The molecule has 0 atom stereocenters. The summed E-state index contributed by atoms with van der Waals surface area (Å²) in [6.07, 6.45) is 2.68. The zero-order valence-electron chi connectivity index (χ0n) is 8.82. The first-order chi connectivity index (χ1) is 7.43. The minimum Gasteiger partial charge on any atom is -0.372 e. The lowest BCUT2D eigenvalue weighted by Gasteiger charge is -2.17. The van der Waals surface area contributed by atoms with Gasteiger partial charge in [-0.3, -0.25) is 0 Å². The second-order valence-corrected chi connectivity index (χ2v) is 4.23. The van der Waals surface area contributed by atoms with Gasteiger partial charge in [0.2, 0.25) is 0 Å². The Hall–Kier alpha value is -1.50. The number of hydrogen-bond donors (Lipinski definition) is 0. The van der Waals surface area contributed by atoms with Gasteiger partial charge in [0.25, 0.3) is 0 Å². The maximum Gasteiger partial charge on any atom is 0.0372 e. The predicted octanol–water partition coefficient (Wildman–Crippen LogP) is 3.44. The van der Waals surface area contributed by atoms with E-state index in [1.54, 1.807) is 0 Å². The highest BCUT2D eigenvalue weighted by Crippen LogP contribution is 2.24. The van der Waals surface area contributed by atoms with Gasteiger partial charge in [0, 0.05) is 18.8 Å². The fourth-order valence-electron chi connectivity index (χ4n) is 2.35. The summed E-state index contributed by atoms with van der Waals surface area (Å²) in [6.45, 7) is 2.44. The molecule has 0 aliphatic carbocycles. The molecule has 2 aromatic carbocycles. The quantitative estimate of drug-likeness (QED) is 0.677. The molecule has 1 heteroatoms. The summed E-state index contributed by atoms with van der Waals surface area (Å²) in [7, 11) is 0.